The first-order chi connectivity index (χ1) is 6.34. The lowest BCUT2D eigenvalue weighted by Gasteiger charge is -1.80. The zero-order valence-corrected chi connectivity index (χ0v) is 6.23. The van der Waals surface area contributed by atoms with Crippen molar-refractivity contribution in [1.29, 1.82) is 0 Å². The minimum atomic E-state index is -0.120. The molecule has 0 aromatic carbocycles. The Morgan fingerprint density at radius 2 is 2.46 bits per heavy atom. The number of hydrogen-bond acceptors (Lipinski definition) is 7. The lowest BCUT2D eigenvalue weighted by Crippen LogP contribution is -2.27. The van der Waals surface area contributed by atoms with Gasteiger partial charge in [0.2, 0.25) is 6.20 Å². The molecule has 2 rings (SSSR count). The minimum absolute atomic E-state index is 0.0347. The van der Waals surface area contributed by atoms with Crippen molar-refractivity contribution in [3.8, 4) is 0 Å². The van der Waals surface area contributed by atoms with Crippen molar-refractivity contribution in [1.82, 2.24) is 15.5 Å². The summed E-state index contributed by atoms with van der Waals surface area (Å²) in [7, 11) is 0. The van der Waals surface area contributed by atoms with E-state index in [1.807, 2.05) is 0 Å². The molecule has 0 saturated carbocycles. The average Bonchev–Trinajstić information content (AvgIpc) is 2.76. The predicted octanol–water partition coefficient (Wildman–Crippen LogP) is -0.810. The van der Waals surface area contributed by atoms with Gasteiger partial charge in [0.25, 0.3) is 5.69 Å². The molecule has 0 aliphatic heterocycles. The topological polar surface area (TPSA) is 109 Å². The van der Waals surface area contributed by atoms with Crippen molar-refractivity contribution < 1.29 is 18.8 Å². The van der Waals surface area contributed by atoms with Gasteiger partial charge < -0.3 is 9.73 Å². The third-order valence-electron chi connectivity index (χ3n) is 0.921. The quantitative estimate of drug-likeness (QED) is 0.421. The Labute approximate surface area is 71.3 Å². The summed E-state index contributed by atoms with van der Waals surface area (Å²) in [5.41, 5.74) is -0.120. The number of aromatic nitrogens is 4. The molecule has 0 aliphatic rings. The molecule has 8 nitrogen and oxygen atoms in total. The van der Waals surface area contributed by atoms with Crippen LogP contribution in [0, 0.1) is 5.21 Å². The number of rotatable bonds is 1. The van der Waals surface area contributed by atoms with E-state index in [2.05, 4.69) is 24.7 Å². The molecule has 68 valence electrons. The van der Waals surface area contributed by atoms with Crippen molar-refractivity contribution in [2.45, 2.75) is 0 Å². The van der Waals surface area contributed by atoms with Crippen molar-refractivity contribution in [2.75, 3.05) is 0 Å². The van der Waals surface area contributed by atoms with E-state index in [0.717, 1.165) is 6.20 Å². The first kappa shape index (κ1) is 8.84. The van der Waals surface area contributed by atoms with Crippen molar-refractivity contribution in [3.63, 3.8) is 0 Å². The van der Waals surface area contributed by atoms with Gasteiger partial charge in [-0.25, -0.2) is 0 Å². The van der Waals surface area contributed by atoms with E-state index in [1.54, 1.807) is 0 Å². The maximum Gasteiger partial charge on any atom is 0.257 e. The summed E-state index contributed by atoms with van der Waals surface area (Å²) in [6, 6.07) is 0. The van der Waals surface area contributed by atoms with Crippen LogP contribution < -0.4 is 4.90 Å². The van der Waals surface area contributed by atoms with Gasteiger partial charge in [-0.2, -0.15) is 0 Å². The summed E-state index contributed by atoms with van der Waals surface area (Å²) in [5, 5.41) is 19.5. The fraction of sp³-hybridized carbons (Fsp3) is 0. The summed E-state index contributed by atoms with van der Waals surface area (Å²) in [4.78, 5) is 9.80. The second kappa shape index (κ2) is 4.59. The highest BCUT2D eigenvalue weighted by Gasteiger charge is 2.01. The molecule has 0 amide bonds. The van der Waals surface area contributed by atoms with Crippen molar-refractivity contribution in [2.24, 2.45) is 0 Å². The second-order valence-corrected chi connectivity index (χ2v) is 1.70. The summed E-state index contributed by atoms with van der Waals surface area (Å²) in [6.07, 6.45) is 4.28. The number of carbonyl (C=O) groups is 1. The van der Waals surface area contributed by atoms with E-state index in [-0.39, 0.29) is 10.6 Å². The molecule has 0 fully saturated rings. The summed E-state index contributed by atoms with van der Waals surface area (Å²) < 4.78 is 8.16. The maximum atomic E-state index is 10.1. The van der Waals surface area contributed by atoms with E-state index in [0.29, 0.717) is 6.29 Å². The lowest BCUT2D eigenvalue weighted by atomic mass is 10.6. The Balaban J connectivity index is 0.000000145. The highest BCUT2D eigenvalue weighted by atomic mass is 16.8. The van der Waals surface area contributed by atoms with Crippen LogP contribution in [0.3, 0.4) is 0 Å². The number of nitrogens with zero attached hydrogens (tertiary/aromatic N) is 4. The van der Waals surface area contributed by atoms with Crippen LogP contribution in [0.1, 0.15) is 10.5 Å². The minimum Gasteiger partial charge on any atom is -0.359 e. The van der Waals surface area contributed by atoms with Crippen molar-refractivity contribution in [3.05, 3.63) is 29.6 Å². The Morgan fingerprint density at radius 1 is 1.62 bits per heavy atom. The van der Waals surface area contributed by atoms with Gasteiger partial charge >= 0.3 is 0 Å². The molecule has 2 heterocycles. The van der Waals surface area contributed by atoms with E-state index in [4.69, 9.17) is 0 Å². The van der Waals surface area contributed by atoms with Gasteiger partial charge in [0.05, 0.1) is 6.20 Å². The lowest BCUT2D eigenvalue weighted by molar-refractivity contribution is -0.803. The van der Waals surface area contributed by atoms with Gasteiger partial charge in [-0.05, 0) is 4.90 Å². The van der Waals surface area contributed by atoms with Gasteiger partial charge in [-0.1, -0.05) is 0 Å². The Hall–Kier alpha value is -2.25. The van der Waals surface area contributed by atoms with E-state index >= 15 is 0 Å². The maximum absolute atomic E-state index is 10.1. The summed E-state index contributed by atoms with van der Waals surface area (Å²) in [6.45, 7) is 0. The smallest absolute Gasteiger partial charge is 0.257 e. The van der Waals surface area contributed by atoms with Crippen LogP contribution >= 0.6 is 0 Å². The molecule has 0 atom stereocenters. The van der Waals surface area contributed by atoms with Gasteiger partial charge in [0.15, 0.2) is 6.29 Å². The summed E-state index contributed by atoms with van der Waals surface area (Å²) in [5.74, 6) is 0. The highest BCUT2D eigenvalue weighted by Crippen LogP contribution is 1.77. The van der Waals surface area contributed by atoms with Gasteiger partial charge in [-0.15, -0.1) is 5.10 Å². The van der Waals surface area contributed by atoms with Crippen LogP contribution in [0.15, 0.2) is 27.8 Å². The Kier molecular flexibility index (Phi) is 3.12. The van der Waals surface area contributed by atoms with E-state index in [9.17, 15) is 10.0 Å². The normalized spacial score (nSPS) is 8.62. The third kappa shape index (κ3) is 2.69. The van der Waals surface area contributed by atoms with Crippen molar-refractivity contribution >= 4 is 6.29 Å². The van der Waals surface area contributed by atoms with Gasteiger partial charge in [0, 0.05) is 10.4 Å². The fourth-order valence-electron chi connectivity index (χ4n) is 0.424. The molecule has 13 heavy (non-hydrogen) atoms. The standard InChI is InChI=1S/C3H2N2O3.C2H2N2O/c6-2-3-1-4-8-5(3)7;1-2-5-4-3-1/h1-2H;1-2H. The monoisotopic (exact) mass is 184 g/mol. The second-order valence-electron chi connectivity index (χ2n) is 1.70. The van der Waals surface area contributed by atoms with Crippen LogP contribution in [-0.2, 0) is 0 Å². The molecule has 0 bridgehead atoms. The van der Waals surface area contributed by atoms with E-state index in [1.165, 1.54) is 12.5 Å². The molecule has 2 aromatic heterocycles. The predicted molar refractivity (Wildman–Crippen MR) is 35.1 cm³/mol. The SMILES string of the molecule is O=Cc1cno[n+]1[O-].c1conn1. The molecule has 2 aromatic rings. The van der Waals surface area contributed by atoms with Crippen LogP contribution in [0.5, 0.6) is 0 Å². The fourth-order valence-corrected chi connectivity index (χ4v) is 0.424. The number of aldehydes is 1. The zero-order chi connectivity index (χ0) is 9.52. The summed E-state index contributed by atoms with van der Waals surface area (Å²) >= 11 is 0. The molecule has 0 N–H and O–H groups in total. The molecule has 0 aliphatic carbocycles. The van der Waals surface area contributed by atoms with Crippen LogP contribution in [0.2, 0.25) is 0 Å². The Morgan fingerprint density at radius 3 is 2.69 bits per heavy atom. The largest absolute Gasteiger partial charge is 0.359 e. The van der Waals surface area contributed by atoms with Crippen LogP contribution in [-0.4, -0.2) is 21.8 Å². The zero-order valence-electron chi connectivity index (χ0n) is 6.23. The van der Waals surface area contributed by atoms with Gasteiger partial charge in [0.1, 0.15) is 6.26 Å². The number of hydrogen-bond donors (Lipinski definition) is 0. The molecule has 0 radical (unpaired) electrons. The molecule has 0 spiro atoms. The molecule has 8 heteroatoms. The molecule has 0 saturated heterocycles. The van der Waals surface area contributed by atoms with Crippen LogP contribution in [0.4, 0.5) is 0 Å². The molecular weight excluding hydrogens is 180 g/mol. The number of carbonyl (C=O) groups excluding carboxylic acids is 1. The molecule has 0 unspecified atom stereocenters. The molecular formula is C5H4N4O4. The third-order valence-corrected chi connectivity index (χ3v) is 0.921. The Bertz CT molecular complexity index is 326. The average molecular weight is 184 g/mol. The first-order valence-corrected chi connectivity index (χ1v) is 3.05. The first-order valence-electron chi connectivity index (χ1n) is 3.05. The van der Waals surface area contributed by atoms with Crippen LogP contribution in [0.25, 0.3) is 0 Å². The van der Waals surface area contributed by atoms with Gasteiger partial charge in [-0.3, -0.25) is 9.42 Å². The van der Waals surface area contributed by atoms with E-state index < -0.39 is 0 Å². The highest BCUT2D eigenvalue weighted by molar-refractivity contribution is 5.68.